The van der Waals surface area contributed by atoms with Crippen molar-refractivity contribution in [3.05, 3.63) is 29.4 Å². The summed E-state index contributed by atoms with van der Waals surface area (Å²) in [5, 5.41) is 11.2. The third-order valence-corrected chi connectivity index (χ3v) is 2.42. The summed E-state index contributed by atoms with van der Waals surface area (Å²) in [5.74, 6) is 0.856. The summed E-state index contributed by atoms with van der Waals surface area (Å²) >= 11 is 0. The van der Waals surface area contributed by atoms with Crippen LogP contribution < -0.4 is 5.32 Å². The molecule has 0 aromatic carbocycles. The maximum absolute atomic E-state index is 5.09. The second kappa shape index (κ2) is 3.76. The van der Waals surface area contributed by atoms with Gasteiger partial charge >= 0.3 is 0 Å². The lowest BCUT2D eigenvalue weighted by Crippen LogP contribution is -2.01. The van der Waals surface area contributed by atoms with Crippen LogP contribution in [0.15, 0.2) is 16.9 Å². The molecular formula is C10H14N4O. The van der Waals surface area contributed by atoms with Crippen molar-refractivity contribution >= 4 is 5.69 Å². The maximum Gasteiger partial charge on any atom is 0.138 e. The zero-order valence-corrected chi connectivity index (χ0v) is 9.11. The van der Waals surface area contributed by atoms with E-state index in [2.05, 4.69) is 15.6 Å². The van der Waals surface area contributed by atoms with Gasteiger partial charge in [-0.3, -0.25) is 4.68 Å². The molecule has 2 rings (SSSR count). The van der Waals surface area contributed by atoms with Crippen molar-refractivity contribution in [2.24, 2.45) is 0 Å². The Balaban J connectivity index is 2.21. The number of nitrogens with zero attached hydrogens (tertiary/aromatic N) is 3. The van der Waals surface area contributed by atoms with Crippen LogP contribution in [0.2, 0.25) is 0 Å². The Hall–Kier alpha value is -1.78. The van der Waals surface area contributed by atoms with E-state index >= 15 is 0 Å². The van der Waals surface area contributed by atoms with Crippen LogP contribution in [0.5, 0.6) is 0 Å². The average molecular weight is 206 g/mol. The molecule has 0 aliphatic rings. The number of anilines is 1. The van der Waals surface area contributed by atoms with Gasteiger partial charge in [0.25, 0.3) is 0 Å². The van der Waals surface area contributed by atoms with Crippen molar-refractivity contribution in [2.75, 3.05) is 12.4 Å². The topological polar surface area (TPSA) is 55.9 Å². The van der Waals surface area contributed by atoms with Crippen molar-refractivity contribution in [3.8, 4) is 0 Å². The van der Waals surface area contributed by atoms with Crippen molar-refractivity contribution in [1.29, 1.82) is 0 Å². The van der Waals surface area contributed by atoms with Crippen LogP contribution in [-0.4, -0.2) is 22.0 Å². The van der Waals surface area contributed by atoms with E-state index in [0.29, 0.717) is 6.54 Å². The minimum Gasteiger partial charge on any atom is -0.386 e. The van der Waals surface area contributed by atoms with Crippen LogP contribution >= 0.6 is 0 Å². The zero-order valence-electron chi connectivity index (χ0n) is 9.11. The molecule has 0 atom stereocenters. The molecular weight excluding hydrogens is 192 g/mol. The molecule has 0 saturated heterocycles. The van der Waals surface area contributed by atoms with E-state index in [-0.39, 0.29) is 0 Å². The van der Waals surface area contributed by atoms with Gasteiger partial charge in [0.05, 0.1) is 24.1 Å². The summed E-state index contributed by atoms with van der Waals surface area (Å²) in [7, 11) is 1.87. The third-order valence-electron chi connectivity index (χ3n) is 2.42. The Morgan fingerprint density at radius 3 is 2.80 bits per heavy atom. The normalized spacial score (nSPS) is 10.6. The fourth-order valence-corrected chi connectivity index (χ4v) is 1.47. The first-order valence-corrected chi connectivity index (χ1v) is 4.82. The molecule has 1 N–H and O–H groups in total. The van der Waals surface area contributed by atoms with E-state index in [9.17, 15) is 0 Å². The van der Waals surface area contributed by atoms with Crippen LogP contribution in [0.1, 0.15) is 17.0 Å². The summed E-state index contributed by atoms with van der Waals surface area (Å²) in [6.07, 6.45) is 3.74. The van der Waals surface area contributed by atoms with Crippen molar-refractivity contribution in [3.63, 3.8) is 0 Å². The van der Waals surface area contributed by atoms with E-state index in [1.807, 2.05) is 31.8 Å². The van der Waals surface area contributed by atoms with Gasteiger partial charge in [-0.05, 0) is 13.8 Å². The smallest absolute Gasteiger partial charge is 0.138 e. The zero-order chi connectivity index (χ0) is 10.8. The maximum atomic E-state index is 5.09. The van der Waals surface area contributed by atoms with Crippen LogP contribution in [0.3, 0.4) is 0 Å². The minimum absolute atomic E-state index is 0.697. The molecule has 0 radical (unpaired) electrons. The lowest BCUT2D eigenvalue weighted by molar-refractivity contribution is 0.391. The Kier molecular flexibility index (Phi) is 2.45. The Bertz CT molecular complexity index is 438. The lowest BCUT2D eigenvalue weighted by Gasteiger charge is -1.99. The monoisotopic (exact) mass is 206 g/mol. The minimum atomic E-state index is 0.697. The van der Waals surface area contributed by atoms with E-state index in [1.165, 1.54) is 0 Å². The van der Waals surface area contributed by atoms with Gasteiger partial charge in [-0.25, -0.2) is 0 Å². The molecule has 2 aromatic rings. The molecule has 0 bridgehead atoms. The van der Waals surface area contributed by atoms with Crippen molar-refractivity contribution < 1.29 is 4.52 Å². The van der Waals surface area contributed by atoms with Gasteiger partial charge in [-0.15, -0.1) is 0 Å². The van der Waals surface area contributed by atoms with Crippen molar-refractivity contribution in [1.82, 2.24) is 14.9 Å². The van der Waals surface area contributed by atoms with E-state index in [0.717, 1.165) is 22.7 Å². The first kappa shape index (κ1) is 9.76. The summed E-state index contributed by atoms with van der Waals surface area (Å²) < 4.78 is 6.95. The molecule has 0 amide bonds. The predicted molar refractivity (Wildman–Crippen MR) is 56.9 cm³/mol. The van der Waals surface area contributed by atoms with Crippen LogP contribution in [0, 0.1) is 13.8 Å². The summed E-state index contributed by atoms with van der Waals surface area (Å²) in [6.45, 7) is 4.55. The predicted octanol–water partition coefficient (Wildman–Crippen LogP) is 1.58. The quantitative estimate of drug-likeness (QED) is 0.828. The molecule has 2 heterocycles. The van der Waals surface area contributed by atoms with Crippen molar-refractivity contribution in [2.45, 2.75) is 20.4 Å². The highest BCUT2D eigenvalue weighted by atomic mass is 16.5. The number of aromatic nitrogens is 3. The molecule has 5 nitrogen and oxygen atoms in total. The number of rotatable bonds is 3. The average Bonchev–Trinajstić information content (AvgIpc) is 2.80. The standard InChI is InChI=1S/C10H14N4O/c1-7-10(8(2)15-13-7)6-14-5-9(11-3)4-12-14/h4-5,11H,6H2,1-3H3. The summed E-state index contributed by atoms with van der Waals surface area (Å²) in [6, 6.07) is 0. The Labute approximate surface area is 88.1 Å². The van der Waals surface area contributed by atoms with Gasteiger partial charge in [0.2, 0.25) is 0 Å². The first-order valence-electron chi connectivity index (χ1n) is 4.82. The Morgan fingerprint density at radius 1 is 1.47 bits per heavy atom. The second-order valence-electron chi connectivity index (χ2n) is 3.48. The van der Waals surface area contributed by atoms with Gasteiger partial charge in [0.15, 0.2) is 0 Å². The Morgan fingerprint density at radius 2 is 2.27 bits per heavy atom. The molecule has 2 aromatic heterocycles. The highest BCUT2D eigenvalue weighted by molar-refractivity contribution is 5.37. The number of hydrogen-bond donors (Lipinski definition) is 1. The molecule has 0 aliphatic carbocycles. The highest BCUT2D eigenvalue weighted by Gasteiger charge is 2.09. The number of aryl methyl sites for hydroxylation is 2. The highest BCUT2D eigenvalue weighted by Crippen LogP contribution is 2.14. The van der Waals surface area contributed by atoms with E-state index in [1.54, 1.807) is 6.20 Å². The lowest BCUT2D eigenvalue weighted by atomic mass is 10.2. The van der Waals surface area contributed by atoms with Crippen LogP contribution in [0.25, 0.3) is 0 Å². The molecule has 0 saturated carbocycles. The SMILES string of the molecule is CNc1cnn(Cc2c(C)noc2C)c1. The molecule has 0 aliphatic heterocycles. The van der Waals surface area contributed by atoms with Gasteiger partial charge in [-0.2, -0.15) is 5.10 Å². The number of hydrogen-bond acceptors (Lipinski definition) is 4. The van der Waals surface area contributed by atoms with Gasteiger partial charge in [-0.1, -0.05) is 5.16 Å². The molecule has 0 fully saturated rings. The van der Waals surface area contributed by atoms with Gasteiger partial charge in [0.1, 0.15) is 5.76 Å². The summed E-state index contributed by atoms with van der Waals surface area (Å²) in [4.78, 5) is 0. The van der Waals surface area contributed by atoms with Gasteiger partial charge < -0.3 is 9.84 Å². The van der Waals surface area contributed by atoms with Crippen LogP contribution in [-0.2, 0) is 6.54 Å². The molecule has 5 heteroatoms. The molecule has 80 valence electrons. The third kappa shape index (κ3) is 1.86. The molecule has 15 heavy (non-hydrogen) atoms. The van der Waals surface area contributed by atoms with E-state index < -0.39 is 0 Å². The second-order valence-corrected chi connectivity index (χ2v) is 3.48. The van der Waals surface area contributed by atoms with Gasteiger partial charge in [0, 0.05) is 18.8 Å². The largest absolute Gasteiger partial charge is 0.386 e. The fraction of sp³-hybridized carbons (Fsp3) is 0.400. The van der Waals surface area contributed by atoms with E-state index in [4.69, 9.17) is 4.52 Å². The molecule has 0 spiro atoms. The summed E-state index contributed by atoms with van der Waals surface area (Å²) in [5.41, 5.74) is 3.02. The van der Waals surface area contributed by atoms with Crippen LogP contribution in [0.4, 0.5) is 5.69 Å². The fourth-order valence-electron chi connectivity index (χ4n) is 1.47. The molecule has 0 unspecified atom stereocenters. The number of nitrogens with one attached hydrogen (secondary N) is 1. The first-order chi connectivity index (χ1) is 7.20.